The van der Waals surface area contributed by atoms with Crippen molar-refractivity contribution in [3.8, 4) is 11.3 Å². The van der Waals surface area contributed by atoms with Crippen LogP contribution in [0.15, 0.2) is 64.0 Å². The van der Waals surface area contributed by atoms with E-state index in [1.165, 1.54) is 6.42 Å². The molecule has 2 aliphatic rings. The number of piperidine rings is 1. The lowest BCUT2D eigenvalue weighted by molar-refractivity contribution is 0.0926. The standard InChI is InChI=1S/C27H33N3O4S/c1-21-12-14-24(15-13-21)35(31,32)30(19-23-11-8-18-33-23)20-25-26(22-9-4-2-5-10-22)28-34-27(25)29-16-6-3-7-17-29/h2,4-5,9-10,12-15,23H,3,6-8,11,16-20H2,1H3/t23-/m0/s1. The van der Waals surface area contributed by atoms with Crippen LogP contribution >= 0.6 is 0 Å². The molecule has 0 amide bonds. The van der Waals surface area contributed by atoms with E-state index in [1.807, 2.05) is 49.4 Å². The van der Waals surface area contributed by atoms with Crippen LogP contribution in [0.4, 0.5) is 5.88 Å². The van der Waals surface area contributed by atoms with E-state index >= 15 is 0 Å². The van der Waals surface area contributed by atoms with Crippen molar-refractivity contribution in [1.29, 1.82) is 0 Å². The second-order valence-corrected chi connectivity index (χ2v) is 11.4. The van der Waals surface area contributed by atoms with Gasteiger partial charge in [-0.05, 0) is 51.2 Å². The summed E-state index contributed by atoms with van der Waals surface area (Å²) in [6.07, 6.45) is 5.05. The second-order valence-electron chi connectivity index (χ2n) is 9.47. The molecule has 0 spiro atoms. The van der Waals surface area contributed by atoms with Gasteiger partial charge >= 0.3 is 0 Å². The lowest BCUT2D eigenvalue weighted by Gasteiger charge is -2.29. The van der Waals surface area contributed by atoms with Crippen molar-refractivity contribution in [3.63, 3.8) is 0 Å². The van der Waals surface area contributed by atoms with Crippen LogP contribution in [-0.2, 0) is 21.3 Å². The molecular formula is C27H33N3O4S. The number of aryl methyl sites for hydroxylation is 1. The Kier molecular flexibility index (Phi) is 7.22. The molecule has 35 heavy (non-hydrogen) atoms. The van der Waals surface area contributed by atoms with E-state index in [0.717, 1.165) is 55.5 Å². The van der Waals surface area contributed by atoms with Crippen LogP contribution in [0.3, 0.4) is 0 Å². The van der Waals surface area contributed by atoms with Gasteiger partial charge in [0.2, 0.25) is 15.9 Å². The van der Waals surface area contributed by atoms with Crippen LogP contribution in [0.25, 0.3) is 11.3 Å². The molecule has 0 bridgehead atoms. The van der Waals surface area contributed by atoms with E-state index in [-0.39, 0.29) is 12.6 Å². The van der Waals surface area contributed by atoms with Crippen molar-refractivity contribution in [1.82, 2.24) is 9.46 Å². The molecule has 0 radical (unpaired) electrons. The average molecular weight is 496 g/mol. The molecule has 3 heterocycles. The molecule has 0 unspecified atom stereocenters. The highest BCUT2D eigenvalue weighted by molar-refractivity contribution is 7.89. The first kappa shape index (κ1) is 24.0. The minimum absolute atomic E-state index is 0.117. The molecule has 0 aliphatic carbocycles. The Bertz CT molecular complexity index is 1210. The monoisotopic (exact) mass is 495 g/mol. The zero-order chi connectivity index (χ0) is 24.3. The molecule has 2 aliphatic heterocycles. The zero-order valence-corrected chi connectivity index (χ0v) is 21.0. The Balaban J connectivity index is 1.56. The molecule has 2 fully saturated rings. The van der Waals surface area contributed by atoms with E-state index in [2.05, 4.69) is 10.1 Å². The third-order valence-corrected chi connectivity index (χ3v) is 8.71. The van der Waals surface area contributed by atoms with Crippen LogP contribution in [0.1, 0.15) is 43.2 Å². The Morgan fingerprint density at radius 3 is 2.43 bits per heavy atom. The summed E-state index contributed by atoms with van der Waals surface area (Å²) in [5, 5.41) is 4.44. The van der Waals surface area contributed by atoms with Gasteiger partial charge in [-0.2, -0.15) is 4.31 Å². The van der Waals surface area contributed by atoms with Crippen molar-refractivity contribution in [3.05, 3.63) is 65.7 Å². The first-order valence-corrected chi connectivity index (χ1v) is 13.9. The lowest BCUT2D eigenvalue weighted by Crippen LogP contribution is -2.38. The Morgan fingerprint density at radius 2 is 1.74 bits per heavy atom. The van der Waals surface area contributed by atoms with Gasteiger partial charge < -0.3 is 14.2 Å². The van der Waals surface area contributed by atoms with E-state index in [0.29, 0.717) is 29.6 Å². The quantitative estimate of drug-likeness (QED) is 0.437. The topological polar surface area (TPSA) is 75.9 Å². The third kappa shape index (κ3) is 5.29. The summed E-state index contributed by atoms with van der Waals surface area (Å²) in [5.74, 6) is 0.681. The molecule has 2 saturated heterocycles. The molecule has 3 aromatic rings. The normalized spacial score (nSPS) is 18.9. The van der Waals surface area contributed by atoms with E-state index in [9.17, 15) is 8.42 Å². The number of nitrogens with zero attached hydrogens (tertiary/aromatic N) is 3. The number of hydrogen-bond acceptors (Lipinski definition) is 6. The number of anilines is 1. The van der Waals surface area contributed by atoms with Gasteiger partial charge in [0.15, 0.2) is 0 Å². The Hall–Kier alpha value is -2.68. The van der Waals surface area contributed by atoms with Crippen LogP contribution in [0.2, 0.25) is 0 Å². The van der Waals surface area contributed by atoms with Crippen LogP contribution in [-0.4, -0.2) is 50.2 Å². The average Bonchev–Trinajstić information content (AvgIpc) is 3.55. The summed E-state index contributed by atoms with van der Waals surface area (Å²) >= 11 is 0. The number of aromatic nitrogens is 1. The van der Waals surface area contributed by atoms with Gasteiger partial charge in [0.1, 0.15) is 5.69 Å². The van der Waals surface area contributed by atoms with Gasteiger partial charge in [0, 0.05) is 38.3 Å². The van der Waals surface area contributed by atoms with Gasteiger partial charge in [0.25, 0.3) is 0 Å². The van der Waals surface area contributed by atoms with Gasteiger partial charge in [0.05, 0.1) is 16.6 Å². The van der Waals surface area contributed by atoms with Gasteiger partial charge in [-0.3, -0.25) is 0 Å². The maximum atomic E-state index is 13.9. The molecule has 7 nitrogen and oxygen atoms in total. The summed E-state index contributed by atoms with van der Waals surface area (Å²) in [5.41, 5.74) is 3.45. The molecular weight excluding hydrogens is 462 g/mol. The predicted molar refractivity (Wildman–Crippen MR) is 136 cm³/mol. The summed E-state index contributed by atoms with van der Waals surface area (Å²) < 4.78 is 41.1. The fourth-order valence-corrected chi connectivity index (χ4v) is 6.35. The van der Waals surface area contributed by atoms with Crippen molar-refractivity contribution in [2.24, 2.45) is 0 Å². The molecule has 5 rings (SSSR count). The largest absolute Gasteiger partial charge is 0.377 e. The highest BCUT2D eigenvalue weighted by Crippen LogP contribution is 2.35. The maximum absolute atomic E-state index is 13.9. The number of sulfonamides is 1. The van der Waals surface area contributed by atoms with Crippen molar-refractivity contribution in [2.45, 2.75) is 56.6 Å². The van der Waals surface area contributed by atoms with Gasteiger partial charge in [-0.25, -0.2) is 8.42 Å². The molecule has 1 atom stereocenters. The maximum Gasteiger partial charge on any atom is 0.243 e. The van der Waals surface area contributed by atoms with Crippen molar-refractivity contribution >= 4 is 15.9 Å². The van der Waals surface area contributed by atoms with Crippen LogP contribution in [0.5, 0.6) is 0 Å². The molecule has 0 N–H and O–H groups in total. The zero-order valence-electron chi connectivity index (χ0n) is 20.2. The number of rotatable bonds is 8. The molecule has 186 valence electrons. The van der Waals surface area contributed by atoms with E-state index < -0.39 is 10.0 Å². The van der Waals surface area contributed by atoms with Crippen LogP contribution in [0, 0.1) is 6.92 Å². The summed E-state index contributed by atoms with van der Waals surface area (Å²) in [4.78, 5) is 2.50. The highest BCUT2D eigenvalue weighted by atomic mass is 32.2. The number of hydrogen-bond donors (Lipinski definition) is 0. The lowest BCUT2D eigenvalue weighted by atomic mass is 10.1. The smallest absolute Gasteiger partial charge is 0.243 e. The van der Waals surface area contributed by atoms with Crippen molar-refractivity contribution in [2.75, 3.05) is 31.1 Å². The third-order valence-electron chi connectivity index (χ3n) is 6.88. The second kappa shape index (κ2) is 10.5. The Labute approximate surface area is 207 Å². The fraction of sp³-hybridized carbons (Fsp3) is 0.444. The predicted octanol–water partition coefficient (Wildman–Crippen LogP) is 5.01. The number of benzene rings is 2. The first-order chi connectivity index (χ1) is 17.0. The minimum atomic E-state index is -3.76. The van der Waals surface area contributed by atoms with E-state index in [4.69, 9.17) is 9.26 Å². The summed E-state index contributed by atoms with van der Waals surface area (Å²) in [7, 11) is -3.76. The SMILES string of the molecule is Cc1ccc(S(=O)(=O)N(Cc2c(-c3ccccc3)noc2N2CCCCC2)C[C@@H]2CCCO2)cc1. The molecule has 8 heteroatoms. The van der Waals surface area contributed by atoms with Gasteiger partial charge in [-0.1, -0.05) is 53.2 Å². The first-order valence-electron chi connectivity index (χ1n) is 12.5. The minimum Gasteiger partial charge on any atom is -0.377 e. The van der Waals surface area contributed by atoms with Gasteiger partial charge in [-0.15, -0.1) is 0 Å². The molecule has 1 aromatic heterocycles. The number of ether oxygens (including phenoxy) is 1. The summed E-state index contributed by atoms with van der Waals surface area (Å²) in [6.45, 7) is 4.86. The van der Waals surface area contributed by atoms with Crippen molar-refractivity contribution < 1.29 is 17.7 Å². The molecule has 0 saturated carbocycles. The fourth-order valence-electron chi connectivity index (χ4n) is 4.91. The van der Waals surface area contributed by atoms with Crippen LogP contribution < -0.4 is 4.90 Å². The molecule has 2 aromatic carbocycles. The summed E-state index contributed by atoms with van der Waals surface area (Å²) in [6, 6.07) is 16.9. The Morgan fingerprint density at radius 1 is 1.00 bits per heavy atom. The van der Waals surface area contributed by atoms with E-state index in [1.54, 1.807) is 16.4 Å². The highest BCUT2D eigenvalue weighted by Gasteiger charge is 2.33.